The van der Waals surface area contributed by atoms with E-state index in [4.69, 9.17) is 4.74 Å². The Morgan fingerprint density at radius 1 is 1.42 bits per heavy atom. The summed E-state index contributed by atoms with van der Waals surface area (Å²) in [6, 6.07) is -0.345. The molecule has 0 bridgehead atoms. The van der Waals surface area contributed by atoms with Gasteiger partial charge in [-0.1, -0.05) is 20.8 Å². The van der Waals surface area contributed by atoms with Gasteiger partial charge in [-0.05, 0) is 18.3 Å². The summed E-state index contributed by atoms with van der Waals surface area (Å²) in [5.74, 6) is 0.267. The molecule has 2 heterocycles. The van der Waals surface area contributed by atoms with Gasteiger partial charge in [0.1, 0.15) is 6.04 Å². The molecule has 2 fully saturated rings. The van der Waals surface area contributed by atoms with Crippen molar-refractivity contribution in [2.24, 2.45) is 11.3 Å². The number of hydrogen-bond acceptors (Lipinski definition) is 3. The largest absolute Gasteiger partial charge is 0.377 e. The maximum atomic E-state index is 11.9. The minimum absolute atomic E-state index is 0.0306. The summed E-state index contributed by atoms with van der Waals surface area (Å²) in [7, 11) is 0. The lowest BCUT2D eigenvalue weighted by atomic mass is 9.81. The number of rotatable bonds is 3. The molecule has 0 spiro atoms. The third-order valence-corrected chi connectivity index (χ3v) is 3.92. The average Bonchev–Trinajstić information content (AvgIpc) is 2.93. The topological polar surface area (TPSA) is 67.4 Å². The smallest absolute Gasteiger partial charge is 0.242 e. The summed E-state index contributed by atoms with van der Waals surface area (Å²) in [6.45, 7) is 7.88. The highest BCUT2D eigenvalue weighted by Crippen LogP contribution is 2.34. The summed E-state index contributed by atoms with van der Waals surface area (Å²) in [4.78, 5) is 23.0. The molecule has 0 aromatic heterocycles. The van der Waals surface area contributed by atoms with E-state index in [1.807, 2.05) is 0 Å². The van der Waals surface area contributed by atoms with Crippen LogP contribution in [0.15, 0.2) is 0 Å². The lowest BCUT2D eigenvalue weighted by molar-refractivity contribution is -0.126. The highest BCUT2D eigenvalue weighted by Gasteiger charge is 2.37. The summed E-state index contributed by atoms with van der Waals surface area (Å²) in [6.07, 6.45) is 2.23. The van der Waals surface area contributed by atoms with E-state index < -0.39 is 0 Å². The van der Waals surface area contributed by atoms with E-state index in [0.717, 1.165) is 13.0 Å². The third kappa shape index (κ3) is 3.47. The van der Waals surface area contributed by atoms with Crippen LogP contribution < -0.4 is 10.6 Å². The van der Waals surface area contributed by atoms with E-state index in [0.29, 0.717) is 25.3 Å². The third-order valence-electron chi connectivity index (χ3n) is 3.92. The highest BCUT2D eigenvalue weighted by atomic mass is 16.5. The highest BCUT2D eigenvalue weighted by molar-refractivity contribution is 5.90. The van der Waals surface area contributed by atoms with Gasteiger partial charge in [-0.25, -0.2) is 0 Å². The molecule has 19 heavy (non-hydrogen) atoms. The molecule has 0 aliphatic carbocycles. The predicted molar refractivity (Wildman–Crippen MR) is 71.5 cm³/mol. The van der Waals surface area contributed by atoms with Crippen LogP contribution >= 0.6 is 0 Å². The molecular formula is C14H24N2O3. The van der Waals surface area contributed by atoms with Crippen LogP contribution in [0.3, 0.4) is 0 Å². The first-order valence-corrected chi connectivity index (χ1v) is 7.06. The van der Waals surface area contributed by atoms with Crippen molar-refractivity contribution in [2.45, 2.75) is 52.2 Å². The Hall–Kier alpha value is -1.10. The molecule has 5 heteroatoms. The fraction of sp³-hybridized carbons (Fsp3) is 0.857. The van der Waals surface area contributed by atoms with Gasteiger partial charge in [-0.2, -0.15) is 0 Å². The Kier molecular flexibility index (Phi) is 4.13. The molecule has 2 saturated heterocycles. The van der Waals surface area contributed by atoms with Crippen LogP contribution in [0.5, 0.6) is 0 Å². The second-order valence-electron chi connectivity index (χ2n) is 6.61. The Labute approximate surface area is 114 Å². The first-order chi connectivity index (χ1) is 8.88. The second kappa shape index (κ2) is 5.49. The lowest BCUT2D eigenvalue weighted by Gasteiger charge is -2.31. The average molecular weight is 268 g/mol. The SMILES string of the molecule is CC(C)(C)[C@H]1OCC[C@@H]1CNC(=O)[C@@H]1CCC(=O)N1. The van der Waals surface area contributed by atoms with Gasteiger partial charge in [0.05, 0.1) is 6.10 Å². The number of carbonyl (C=O) groups excluding carboxylic acids is 2. The molecule has 0 saturated carbocycles. The predicted octanol–water partition coefficient (Wildman–Crippen LogP) is 0.832. The number of amides is 2. The van der Waals surface area contributed by atoms with Crippen molar-refractivity contribution in [3.63, 3.8) is 0 Å². The zero-order valence-electron chi connectivity index (χ0n) is 12.0. The summed E-state index contributed by atoms with van der Waals surface area (Å²) in [5.41, 5.74) is 0.0907. The second-order valence-corrected chi connectivity index (χ2v) is 6.61. The number of ether oxygens (including phenoxy) is 1. The minimum atomic E-state index is -0.345. The van der Waals surface area contributed by atoms with Gasteiger partial charge in [0.15, 0.2) is 0 Å². The van der Waals surface area contributed by atoms with E-state index in [-0.39, 0.29) is 29.4 Å². The Bertz CT molecular complexity index is 362. The first kappa shape index (κ1) is 14.3. The van der Waals surface area contributed by atoms with Crippen LogP contribution in [0, 0.1) is 11.3 Å². The zero-order valence-corrected chi connectivity index (χ0v) is 12.0. The maximum Gasteiger partial charge on any atom is 0.242 e. The first-order valence-electron chi connectivity index (χ1n) is 7.06. The van der Waals surface area contributed by atoms with E-state index >= 15 is 0 Å². The van der Waals surface area contributed by atoms with E-state index in [1.54, 1.807) is 0 Å². The fourth-order valence-corrected chi connectivity index (χ4v) is 2.97. The van der Waals surface area contributed by atoms with Gasteiger partial charge in [-0.15, -0.1) is 0 Å². The maximum absolute atomic E-state index is 11.9. The summed E-state index contributed by atoms with van der Waals surface area (Å²) < 4.78 is 5.78. The molecule has 2 rings (SSSR count). The zero-order chi connectivity index (χ0) is 14.0. The number of hydrogen-bond donors (Lipinski definition) is 2. The van der Waals surface area contributed by atoms with Gasteiger partial charge < -0.3 is 15.4 Å². The molecular weight excluding hydrogens is 244 g/mol. The number of nitrogens with one attached hydrogen (secondary N) is 2. The Morgan fingerprint density at radius 3 is 2.74 bits per heavy atom. The van der Waals surface area contributed by atoms with Crippen molar-refractivity contribution < 1.29 is 14.3 Å². The van der Waals surface area contributed by atoms with Crippen LogP contribution in [-0.2, 0) is 14.3 Å². The van der Waals surface area contributed by atoms with Crippen molar-refractivity contribution in [1.29, 1.82) is 0 Å². The molecule has 2 N–H and O–H groups in total. The molecule has 108 valence electrons. The van der Waals surface area contributed by atoms with Gasteiger partial charge in [-0.3, -0.25) is 9.59 Å². The van der Waals surface area contributed by atoms with Crippen molar-refractivity contribution >= 4 is 11.8 Å². The molecule has 0 radical (unpaired) electrons. The van der Waals surface area contributed by atoms with Crippen LogP contribution in [-0.4, -0.2) is 37.1 Å². The molecule has 0 unspecified atom stereocenters. The molecule has 2 aliphatic heterocycles. The van der Waals surface area contributed by atoms with Crippen molar-refractivity contribution in [3.05, 3.63) is 0 Å². The van der Waals surface area contributed by atoms with Crippen molar-refractivity contribution in [3.8, 4) is 0 Å². The Balaban J connectivity index is 1.81. The standard InChI is InChI=1S/C14H24N2O3/c1-14(2,3)12-9(6-7-19-12)8-15-13(18)10-4-5-11(17)16-10/h9-10,12H,4-8H2,1-3H3,(H,15,18)(H,16,17)/t9-,10+,12+/m1/s1. The molecule has 0 aromatic carbocycles. The quantitative estimate of drug-likeness (QED) is 0.797. The van der Waals surface area contributed by atoms with Gasteiger partial charge in [0, 0.05) is 25.5 Å². The van der Waals surface area contributed by atoms with Gasteiger partial charge >= 0.3 is 0 Å². The molecule has 2 amide bonds. The van der Waals surface area contributed by atoms with Gasteiger partial charge in [0.2, 0.25) is 11.8 Å². The summed E-state index contributed by atoms with van der Waals surface area (Å²) >= 11 is 0. The van der Waals surface area contributed by atoms with Crippen LogP contribution in [0.4, 0.5) is 0 Å². The summed E-state index contributed by atoms with van der Waals surface area (Å²) in [5, 5.41) is 5.64. The molecule has 3 atom stereocenters. The minimum Gasteiger partial charge on any atom is -0.377 e. The molecule has 5 nitrogen and oxygen atoms in total. The normalized spacial score (nSPS) is 31.3. The lowest BCUT2D eigenvalue weighted by Crippen LogP contribution is -2.45. The number of carbonyl (C=O) groups is 2. The van der Waals surface area contributed by atoms with E-state index in [9.17, 15) is 9.59 Å². The molecule has 0 aromatic rings. The Morgan fingerprint density at radius 2 is 2.16 bits per heavy atom. The van der Waals surface area contributed by atoms with Crippen molar-refractivity contribution in [1.82, 2.24) is 10.6 Å². The van der Waals surface area contributed by atoms with Crippen molar-refractivity contribution in [2.75, 3.05) is 13.2 Å². The van der Waals surface area contributed by atoms with E-state index in [2.05, 4.69) is 31.4 Å². The molecule has 2 aliphatic rings. The fourth-order valence-electron chi connectivity index (χ4n) is 2.97. The van der Waals surface area contributed by atoms with Crippen LogP contribution in [0.1, 0.15) is 40.0 Å². The van der Waals surface area contributed by atoms with E-state index in [1.165, 1.54) is 0 Å². The van der Waals surface area contributed by atoms with Crippen LogP contribution in [0.2, 0.25) is 0 Å². The van der Waals surface area contributed by atoms with Crippen LogP contribution in [0.25, 0.3) is 0 Å². The monoisotopic (exact) mass is 268 g/mol. The van der Waals surface area contributed by atoms with Gasteiger partial charge in [0.25, 0.3) is 0 Å².